The second-order valence-electron chi connectivity index (χ2n) is 21.2. The highest BCUT2D eigenvalue weighted by molar-refractivity contribution is 7.99. The molecule has 1 heterocycles. The third kappa shape index (κ3) is 24.2. The van der Waals surface area contributed by atoms with E-state index in [1.807, 2.05) is 24.3 Å². The number of benzene rings is 3. The number of unbranched alkanes of at least 4 members (excludes halogenated alkanes) is 1. The number of nitrogens with one attached hydrogen (secondary N) is 8. The quantitative estimate of drug-likeness (QED) is 0.0152. The highest BCUT2D eigenvalue weighted by atomic mass is 32.2. The van der Waals surface area contributed by atoms with Crippen molar-refractivity contribution in [2.75, 3.05) is 53.2 Å². The number of ether oxygens (including phenoxy) is 4. The van der Waals surface area contributed by atoms with Crippen molar-refractivity contribution in [1.29, 1.82) is 0 Å². The van der Waals surface area contributed by atoms with E-state index < -0.39 is 70.5 Å². The number of carbonyl (C=O) groups is 6. The Kier molecular flexibility index (Phi) is 22.2. The normalized spacial score (nSPS) is 11.9. The number of alkyl carbamates (subject to hydrolysis) is 4. The highest BCUT2D eigenvalue weighted by Gasteiger charge is 2.33. The van der Waals surface area contributed by atoms with Gasteiger partial charge in [-0.05, 0) is 157 Å². The average Bonchev–Trinajstić information content (AvgIpc) is 3.69. The largest absolute Gasteiger partial charge is 0.444 e. The first-order chi connectivity index (χ1) is 35.7. The zero-order chi connectivity index (χ0) is 57.4. The van der Waals surface area contributed by atoms with E-state index in [1.165, 1.54) is 11.3 Å². The maximum Gasteiger partial charge on any atom is 0.416 e. The van der Waals surface area contributed by atoms with Gasteiger partial charge in [-0.2, -0.15) is 13.2 Å². The number of nitrogens with zero attached hydrogens (tertiary/aromatic N) is 2. The van der Waals surface area contributed by atoms with Crippen LogP contribution in [-0.4, -0.2) is 102 Å². The van der Waals surface area contributed by atoms with Gasteiger partial charge in [0.25, 0.3) is 0 Å². The summed E-state index contributed by atoms with van der Waals surface area (Å²) >= 11 is 2.35. The smallest absolute Gasteiger partial charge is 0.416 e. The van der Waals surface area contributed by atoms with Crippen LogP contribution in [0.1, 0.15) is 114 Å². The molecular formula is C52H71F3N10O10S2. The van der Waals surface area contributed by atoms with Crippen LogP contribution in [-0.2, 0) is 29.9 Å². The molecule has 422 valence electrons. The Balaban J connectivity index is 1.48. The fraction of sp³-hybridized carbons (Fsp3) is 0.500. The number of thioether (sulfide) groups is 1. The highest BCUT2D eigenvalue weighted by Crippen LogP contribution is 2.41. The third-order valence-electron chi connectivity index (χ3n) is 9.40. The molecule has 0 bridgehead atoms. The van der Waals surface area contributed by atoms with E-state index >= 15 is 0 Å². The minimum Gasteiger partial charge on any atom is -0.444 e. The predicted octanol–water partition coefficient (Wildman–Crippen LogP) is 12.1. The van der Waals surface area contributed by atoms with Gasteiger partial charge in [0.15, 0.2) is 0 Å². The first-order valence-corrected chi connectivity index (χ1v) is 26.5. The first-order valence-electron chi connectivity index (χ1n) is 24.7. The Morgan fingerprint density at radius 2 is 1.14 bits per heavy atom. The molecular weight excluding hydrogens is 1050 g/mol. The second-order valence-corrected chi connectivity index (χ2v) is 23.4. The number of alkyl halides is 3. The standard InChI is InChI=1S/C52H71F3N10O10S2/c1-48(2,3)72-44(68)58-25-15-24-56-33-19-17-31(18-20-33)41-62-35-22-21-34(30-38(35)77-41)60-43(67)63-37-29-32(52(53,54)55)28-36(40(37)76-27-26-59-45(69)73-49(4,5)6)61-39(66)16-13-14-23-57-42(64-46(70)74-50(7,8)9)65-47(71)75-51(10,11)12/h17-22,28-30,56H,13-16,23-27H2,1-12H3,(H,58,68)(H,59,69)(H,61,66)(H2,60,63,67)(H2,57,64,65,70,71). The van der Waals surface area contributed by atoms with Gasteiger partial charge in [-0.3, -0.25) is 20.4 Å². The zero-order valence-corrected chi connectivity index (χ0v) is 47.1. The molecule has 0 saturated heterocycles. The third-order valence-corrected chi connectivity index (χ3v) is 11.6. The lowest BCUT2D eigenvalue weighted by molar-refractivity contribution is -0.137. The van der Waals surface area contributed by atoms with Crippen LogP contribution >= 0.6 is 23.1 Å². The molecule has 0 radical (unpaired) electrons. The molecule has 0 aliphatic carbocycles. The number of carbonyl (C=O) groups excluding carboxylic acids is 6. The number of fused-ring (bicyclic) bond motifs is 1. The number of urea groups is 1. The predicted molar refractivity (Wildman–Crippen MR) is 295 cm³/mol. The molecule has 7 amide bonds. The van der Waals surface area contributed by atoms with Gasteiger partial charge in [-0.25, -0.2) is 29.0 Å². The number of amides is 7. The van der Waals surface area contributed by atoms with Gasteiger partial charge >= 0.3 is 36.6 Å². The fourth-order valence-corrected chi connectivity index (χ4v) is 8.38. The molecule has 0 atom stereocenters. The summed E-state index contributed by atoms with van der Waals surface area (Å²) in [5, 5.41) is 21.9. The van der Waals surface area contributed by atoms with Crippen molar-refractivity contribution >= 4 is 98.3 Å². The van der Waals surface area contributed by atoms with Gasteiger partial charge in [0.05, 0.1) is 32.1 Å². The summed E-state index contributed by atoms with van der Waals surface area (Å²) in [7, 11) is 0. The maximum absolute atomic E-state index is 14.5. The van der Waals surface area contributed by atoms with Crippen LogP contribution in [0.4, 0.5) is 59.9 Å². The number of aliphatic imine (C=N–C) groups is 1. The number of hydrogen-bond acceptors (Lipinski definition) is 15. The van der Waals surface area contributed by atoms with Gasteiger partial charge in [0.1, 0.15) is 27.4 Å². The van der Waals surface area contributed by atoms with E-state index in [4.69, 9.17) is 23.9 Å². The van der Waals surface area contributed by atoms with Crippen molar-refractivity contribution in [3.05, 3.63) is 60.2 Å². The molecule has 20 nitrogen and oxygen atoms in total. The van der Waals surface area contributed by atoms with Crippen molar-refractivity contribution in [2.24, 2.45) is 4.99 Å². The number of rotatable bonds is 18. The summed E-state index contributed by atoms with van der Waals surface area (Å²) in [5.41, 5.74) is -2.09. The molecule has 0 fully saturated rings. The van der Waals surface area contributed by atoms with Crippen LogP contribution in [0, 0.1) is 0 Å². The van der Waals surface area contributed by atoms with E-state index in [-0.39, 0.29) is 60.3 Å². The summed E-state index contributed by atoms with van der Waals surface area (Å²) in [6.45, 7) is 21.4. The summed E-state index contributed by atoms with van der Waals surface area (Å²) in [4.78, 5) is 85.4. The zero-order valence-electron chi connectivity index (χ0n) is 45.5. The number of halogens is 3. The molecule has 4 aromatic rings. The van der Waals surface area contributed by atoms with Crippen molar-refractivity contribution in [3.8, 4) is 10.6 Å². The average molecular weight is 1120 g/mol. The molecule has 0 unspecified atom stereocenters. The van der Waals surface area contributed by atoms with Gasteiger partial charge < -0.3 is 50.8 Å². The Morgan fingerprint density at radius 3 is 1.70 bits per heavy atom. The fourth-order valence-electron chi connectivity index (χ4n) is 6.43. The molecule has 3 aromatic carbocycles. The Hall–Kier alpha value is -7.02. The van der Waals surface area contributed by atoms with Gasteiger partial charge in [-0.15, -0.1) is 23.1 Å². The van der Waals surface area contributed by atoms with Crippen LogP contribution < -0.4 is 42.5 Å². The van der Waals surface area contributed by atoms with Gasteiger partial charge in [0, 0.05) is 55.3 Å². The number of guanidine groups is 1. The van der Waals surface area contributed by atoms with Crippen molar-refractivity contribution in [1.82, 2.24) is 26.3 Å². The van der Waals surface area contributed by atoms with Gasteiger partial charge in [-0.1, -0.05) is 0 Å². The lowest BCUT2D eigenvalue weighted by Gasteiger charge is -2.22. The van der Waals surface area contributed by atoms with Crippen molar-refractivity contribution in [3.63, 3.8) is 0 Å². The summed E-state index contributed by atoms with van der Waals surface area (Å²) in [6.07, 6.45) is -6.99. The summed E-state index contributed by atoms with van der Waals surface area (Å²) in [5.74, 6) is -0.847. The van der Waals surface area contributed by atoms with Crippen LogP contribution in [0.2, 0.25) is 0 Å². The van der Waals surface area contributed by atoms with Crippen molar-refractivity contribution < 1.29 is 60.9 Å². The molecule has 0 aliphatic heterocycles. The second kappa shape index (κ2) is 27.3. The molecule has 0 saturated carbocycles. The number of aromatic nitrogens is 1. The molecule has 25 heteroatoms. The van der Waals surface area contributed by atoms with E-state index in [0.717, 1.165) is 39.8 Å². The van der Waals surface area contributed by atoms with E-state index in [0.29, 0.717) is 35.7 Å². The Bertz CT molecular complexity index is 2700. The van der Waals surface area contributed by atoms with Crippen molar-refractivity contribution in [2.45, 2.75) is 142 Å². The lowest BCUT2D eigenvalue weighted by Crippen LogP contribution is -2.47. The van der Waals surface area contributed by atoms with Crippen LogP contribution in [0.3, 0.4) is 0 Å². The first kappa shape index (κ1) is 62.5. The Labute approximate surface area is 454 Å². The molecule has 0 spiro atoms. The molecule has 1 aromatic heterocycles. The number of thiazole rings is 1. The molecule has 8 N–H and O–H groups in total. The SMILES string of the molecule is CC(C)(C)OC(=O)NCCCNc1ccc(-c2nc3ccc(NC(=O)Nc4cc(C(F)(F)F)cc(NC(=O)CCCCN=C(NC(=O)OC(C)(C)C)NC(=O)OC(C)(C)C)c4SCCNC(=O)OC(C)(C)C)cc3s2)cc1. The monoisotopic (exact) mass is 1120 g/mol. The van der Waals surface area contributed by atoms with E-state index in [9.17, 15) is 41.9 Å². The summed E-state index contributed by atoms with van der Waals surface area (Å²) in [6, 6.07) is 13.3. The topological polar surface area (TPSA) is 261 Å². The summed E-state index contributed by atoms with van der Waals surface area (Å²) < 4.78 is 65.4. The minimum absolute atomic E-state index is 0.00221. The maximum atomic E-state index is 14.5. The molecule has 77 heavy (non-hydrogen) atoms. The molecule has 4 rings (SSSR count). The minimum atomic E-state index is -4.90. The number of hydrogen-bond donors (Lipinski definition) is 8. The van der Waals surface area contributed by atoms with Crippen LogP contribution in [0.25, 0.3) is 20.8 Å². The lowest BCUT2D eigenvalue weighted by atomic mass is 10.1. The Morgan fingerprint density at radius 1 is 0.610 bits per heavy atom. The number of anilines is 4. The van der Waals surface area contributed by atoms with E-state index in [1.54, 1.807) is 101 Å². The van der Waals surface area contributed by atoms with Crippen LogP contribution in [0.5, 0.6) is 0 Å². The van der Waals surface area contributed by atoms with Gasteiger partial charge in [0.2, 0.25) is 11.9 Å². The van der Waals surface area contributed by atoms with E-state index in [2.05, 4.69) is 47.5 Å². The molecule has 0 aliphatic rings. The van der Waals surface area contributed by atoms with Crippen LogP contribution in [0.15, 0.2) is 64.5 Å².